The summed E-state index contributed by atoms with van der Waals surface area (Å²) in [5.41, 5.74) is 8.34. The third-order valence-corrected chi connectivity index (χ3v) is 1.53. The molecule has 1 aromatic carbocycles. The van der Waals surface area contributed by atoms with Crippen molar-refractivity contribution in [1.29, 1.82) is 5.53 Å². The maximum atomic E-state index is 6.53. The Bertz CT molecular complexity index is 295. The second-order valence-electron chi connectivity index (χ2n) is 2.61. The number of hydrogen-bond acceptors (Lipinski definition) is 3. The average molecular weight is 163 g/mol. The van der Waals surface area contributed by atoms with E-state index in [0.717, 1.165) is 5.69 Å². The smallest absolute Gasteiger partial charge is 0.220 e. The maximum absolute atomic E-state index is 6.53. The van der Waals surface area contributed by atoms with Crippen LogP contribution in [0.25, 0.3) is 0 Å². The highest BCUT2D eigenvalue weighted by Crippen LogP contribution is 2.16. The Morgan fingerprint density at radius 2 is 1.83 bits per heavy atom. The highest BCUT2D eigenvalue weighted by molar-refractivity contribution is 5.51. The number of nitrogens with zero attached hydrogens (tertiary/aromatic N) is 3. The summed E-state index contributed by atoms with van der Waals surface area (Å²) in [5.74, 6) is 0. The second-order valence-corrected chi connectivity index (χ2v) is 2.61. The summed E-state index contributed by atoms with van der Waals surface area (Å²) in [7, 11) is 3.95. The van der Waals surface area contributed by atoms with Crippen LogP contribution >= 0.6 is 0 Å². The van der Waals surface area contributed by atoms with Crippen LogP contribution in [-0.2, 0) is 0 Å². The molecule has 0 aromatic heterocycles. The summed E-state index contributed by atoms with van der Waals surface area (Å²) in [5, 5.41) is 3.58. The van der Waals surface area contributed by atoms with Crippen molar-refractivity contribution in [2.24, 2.45) is 5.11 Å². The minimum Gasteiger partial charge on any atom is -0.378 e. The molecule has 0 atom stereocenters. The lowest BCUT2D eigenvalue weighted by molar-refractivity contribution is 0.991. The molecule has 12 heavy (non-hydrogen) atoms. The number of hydrogen-bond donors (Lipinski definition) is 1. The normalized spacial score (nSPS) is 8.83. The van der Waals surface area contributed by atoms with Gasteiger partial charge in [0.2, 0.25) is 4.91 Å². The van der Waals surface area contributed by atoms with Gasteiger partial charge in [0.15, 0.2) is 10.8 Å². The molecule has 1 rings (SSSR count). The van der Waals surface area contributed by atoms with E-state index in [-0.39, 0.29) is 0 Å². The Hall–Kier alpha value is -1.67. The van der Waals surface area contributed by atoms with Crippen LogP contribution in [0.4, 0.5) is 11.4 Å². The first-order chi connectivity index (χ1) is 5.74. The molecule has 4 heteroatoms. The van der Waals surface area contributed by atoms with E-state index in [9.17, 15) is 0 Å². The van der Waals surface area contributed by atoms with Crippen LogP contribution < -0.4 is 9.81 Å². The largest absolute Gasteiger partial charge is 0.378 e. The van der Waals surface area contributed by atoms with Crippen molar-refractivity contribution in [2.45, 2.75) is 0 Å². The average Bonchev–Trinajstić information content (AvgIpc) is 2.06. The summed E-state index contributed by atoms with van der Waals surface area (Å²) in [4.78, 5) is 4.94. The van der Waals surface area contributed by atoms with Crippen LogP contribution in [0.2, 0.25) is 0 Å². The summed E-state index contributed by atoms with van der Waals surface area (Å²) in [6, 6.07) is 7.52. The number of rotatable bonds is 2. The van der Waals surface area contributed by atoms with Gasteiger partial charge in [-0.25, -0.2) is 0 Å². The van der Waals surface area contributed by atoms with Crippen molar-refractivity contribution in [3.05, 3.63) is 24.3 Å². The highest BCUT2D eigenvalue weighted by atomic mass is 15.1. The minimum atomic E-state index is 0.704. The van der Waals surface area contributed by atoms with Crippen LogP contribution in [0.3, 0.4) is 0 Å². The summed E-state index contributed by atoms with van der Waals surface area (Å²) < 4.78 is 0. The predicted octanol–water partition coefficient (Wildman–Crippen LogP) is 1.93. The molecule has 0 bridgehead atoms. The standard InChI is InChI=1S/C8H11N4/c1-12(2)8-5-3-7(4-6-8)10-11-9/h3-6,9H,1-2H3/q+1. The lowest BCUT2D eigenvalue weighted by Crippen LogP contribution is -2.07. The molecule has 1 aromatic rings. The Balaban J connectivity index is 2.92. The zero-order chi connectivity index (χ0) is 8.97. The van der Waals surface area contributed by atoms with E-state index in [2.05, 4.69) is 10.0 Å². The van der Waals surface area contributed by atoms with Crippen molar-refractivity contribution in [3.63, 3.8) is 0 Å². The Morgan fingerprint density at radius 3 is 2.25 bits per heavy atom. The highest BCUT2D eigenvalue weighted by Gasteiger charge is 1.96. The molecule has 0 radical (unpaired) electrons. The van der Waals surface area contributed by atoms with E-state index >= 15 is 0 Å². The van der Waals surface area contributed by atoms with Crippen molar-refractivity contribution >= 4 is 11.4 Å². The number of benzene rings is 1. The molecule has 0 heterocycles. The molecule has 0 spiro atoms. The zero-order valence-corrected chi connectivity index (χ0v) is 7.15. The third-order valence-electron chi connectivity index (χ3n) is 1.53. The molecule has 62 valence electrons. The first-order valence-electron chi connectivity index (χ1n) is 3.59. The summed E-state index contributed by atoms with van der Waals surface area (Å²) in [6.07, 6.45) is 0. The Labute approximate surface area is 71.1 Å². The quantitative estimate of drug-likeness (QED) is 0.525. The van der Waals surface area contributed by atoms with Crippen LogP contribution in [0, 0.1) is 5.53 Å². The molecule has 0 aliphatic rings. The van der Waals surface area contributed by atoms with Crippen molar-refractivity contribution in [2.75, 3.05) is 19.0 Å². The van der Waals surface area contributed by atoms with Gasteiger partial charge in [-0.05, 0) is 24.3 Å². The van der Waals surface area contributed by atoms with Crippen LogP contribution in [0.5, 0.6) is 0 Å². The number of anilines is 1. The van der Waals surface area contributed by atoms with Crippen LogP contribution in [0.1, 0.15) is 0 Å². The molecule has 4 nitrogen and oxygen atoms in total. The van der Waals surface area contributed by atoms with E-state index in [1.54, 1.807) is 0 Å². The molecule has 0 unspecified atom stereocenters. The first kappa shape index (κ1) is 8.43. The SMILES string of the molecule is CN(C)c1ccc(N=[N+]=N)cc1. The fourth-order valence-electron chi connectivity index (χ4n) is 0.875. The van der Waals surface area contributed by atoms with E-state index < -0.39 is 0 Å². The molecule has 1 N–H and O–H groups in total. The van der Waals surface area contributed by atoms with Gasteiger partial charge in [0.05, 0.1) is 0 Å². The van der Waals surface area contributed by atoms with E-state index in [1.165, 1.54) is 0 Å². The lowest BCUT2D eigenvalue weighted by atomic mass is 10.3. The van der Waals surface area contributed by atoms with E-state index in [1.807, 2.05) is 43.3 Å². The Morgan fingerprint density at radius 1 is 1.25 bits per heavy atom. The Kier molecular flexibility index (Phi) is 2.56. The fourth-order valence-corrected chi connectivity index (χ4v) is 0.875. The van der Waals surface area contributed by atoms with Gasteiger partial charge >= 0.3 is 0 Å². The summed E-state index contributed by atoms with van der Waals surface area (Å²) in [6.45, 7) is 0. The van der Waals surface area contributed by atoms with Gasteiger partial charge < -0.3 is 4.90 Å². The molecular formula is C8H11N4+. The molecule has 0 amide bonds. The van der Waals surface area contributed by atoms with E-state index in [4.69, 9.17) is 5.53 Å². The monoisotopic (exact) mass is 163 g/mol. The molecule has 0 aliphatic heterocycles. The molecule has 0 fully saturated rings. The van der Waals surface area contributed by atoms with Crippen molar-refractivity contribution < 1.29 is 0 Å². The maximum Gasteiger partial charge on any atom is 0.220 e. The summed E-state index contributed by atoms with van der Waals surface area (Å²) >= 11 is 0. The third kappa shape index (κ3) is 1.90. The molecule has 0 saturated heterocycles. The van der Waals surface area contributed by atoms with Gasteiger partial charge in [-0.2, -0.15) is 0 Å². The minimum absolute atomic E-state index is 0.704. The van der Waals surface area contributed by atoms with Gasteiger partial charge in [-0.3, -0.25) is 0 Å². The topological polar surface area (TPSA) is 53.6 Å². The van der Waals surface area contributed by atoms with Gasteiger partial charge in [-0.1, -0.05) is 0 Å². The zero-order valence-electron chi connectivity index (χ0n) is 7.15. The van der Waals surface area contributed by atoms with Gasteiger partial charge in [0, 0.05) is 19.8 Å². The van der Waals surface area contributed by atoms with E-state index in [0.29, 0.717) is 5.69 Å². The fraction of sp³-hybridized carbons (Fsp3) is 0.250. The van der Waals surface area contributed by atoms with Gasteiger partial charge in [0.1, 0.15) is 5.53 Å². The van der Waals surface area contributed by atoms with Crippen LogP contribution in [0.15, 0.2) is 29.4 Å². The molecule has 0 saturated carbocycles. The molecule has 0 aliphatic carbocycles. The predicted molar refractivity (Wildman–Crippen MR) is 47.7 cm³/mol. The lowest BCUT2D eigenvalue weighted by Gasteiger charge is -2.10. The van der Waals surface area contributed by atoms with Gasteiger partial charge in [-0.15, -0.1) is 0 Å². The van der Waals surface area contributed by atoms with Gasteiger partial charge in [0.25, 0.3) is 0 Å². The molecular weight excluding hydrogens is 152 g/mol. The first-order valence-corrected chi connectivity index (χ1v) is 3.59. The number of nitrogens with one attached hydrogen (secondary N) is 1. The second kappa shape index (κ2) is 3.64. The van der Waals surface area contributed by atoms with Crippen molar-refractivity contribution in [3.8, 4) is 0 Å². The van der Waals surface area contributed by atoms with Crippen LogP contribution in [-0.4, -0.2) is 14.1 Å². The van der Waals surface area contributed by atoms with Crippen molar-refractivity contribution in [1.82, 2.24) is 4.91 Å².